The first-order chi connectivity index (χ1) is 10.1. The molecule has 2 atom stereocenters. The van der Waals surface area contributed by atoms with E-state index in [1.807, 2.05) is 30.3 Å². The van der Waals surface area contributed by atoms with Gasteiger partial charge in [-0.05, 0) is 18.9 Å². The number of hydrogen-bond donors (Lipinski definition) is 1. The number of carbonyl (C=O) groups is 2. The molecule has 1 aliphatic rings. The number of likely N-dealkylation sites (tertiary alicyclic amines) is 1. The number of benzene rings is 1. The van der Waals surface area contributed by atoms with Crippen LogP contribution in [0.5, 0.6) is 0 Å². The van der Waals surface area contributed by atoms with Gasteiger partial charge in [0.1, 0.15) is 6.04 Å². The first kappa shape index (κ1) is 15.5. The third-order valence-electron chi connectivity index (χ3n) is 3.80. The predicted molar refractivity (Wildman–Crippen MR) is 79.5 cm³/mol. The smallest absolute Gasteiger partial charge is 0.330 e. The van der Waals surface area contributed by atoms with E-state index in [0.29, 0.717) is 26.0 Å². The summed E-state index contributed by atoms with van der Waals surface area (Å²) in [7, 11) is 1.67. The van der Waals surface area contributed by atoms with Crippen molar-refractivity contribution < 1.29 is 14.3 Å². The summed E-state index contributed by atoms with van der Waals surface area (Å²) in [6, 6.07) is 9.38. The zero-order chi connectivity index (χ0) is 15.2. The molecule has 1 heterocycles. The van der Waals surface area contributed by atoms with Gasteiger partial charge in [0.05, 0.1) is 6.61 Å². The molecule has 1 N–H and O–H groups in total. The zero-order valence-corrected chi connectivity index (χ0v) is 12.5. The van der Waals surface area contributed by atoms with Crippen molar-refractivity contribution in [3.05, 3.63) is 35.9 Å². The molecule has 1 aromatic rings. The Labute approximate surface area is 125 Å². The second-order valence-corrected chi connectivity index (χ2v) is 5.21. The normalized spacial score (nSPS) is 22.2. The topological polar surface area (TPSA) is 58.6 Å². The van der Waals surface area contributed by atoms with E-state index in [1.54, 1.807) is 14.0 Å². The van der Waals surface area contributed by atoms with Crippen LogP contribution in [-0.2, 0) is 20.9 Å². The zero-order valence-electron chi connectivity index (χ0n) is 12.5. The molecular weight excluding hydrogens is 268 g/mol. The number of esters is 1. The molecule has 1 aromatic carbocycles. The van der Waals surface area contributed by atoms with Gasteiger partial charge in [0.25, 0.3) is 0 Å². The van der Waals surface area contributed by atoms with Crippen LogP contribution >= 0.6 is 0 Å². The first-order valence-electron chi connectivity index (χ1n) is 7.33. The van der Waals surface area contributed by atoms with Gasteiger partial charge < -0.3 is 15.0 Å². The Morgan fingerprint density at radius 2 is 2.10 bits per heavy atom. The second-order valence-electron chi connectivity index (χ2n) is 5.21. The third kappa shape index (κ3) is 3.82. The first-order valence-corrected chi connectivity index (χ1v) is 7.33. The molecule has 1 amide bonds. The molecule has 0 aliphatic carbocycles. The number of hydrogen-bond acceptors (Lipinski definition) is 4. The molecule has 0 bridgehead atoms. The second kappa shape index (κ2) is 7.22. The van der Waals surface area contributed by atoms with Gasteiger partial charge in [0.15, 0.2) is 0 Å². The standard InChI is InChI=1S/C16H22N2O3/c1-3-21-16(20)15-13(9-10-14(19)18(15)2)17-11-12-7-5-4-6-8-12/h4-8,13,15,17H,3,9-11H2,1-2H3/t13-,15-/m0/s1. The summed E-state index contributed by atoms with van der Waals surface area (Å²) < 4.78 is 5.11. The Bertz CT molecular complexity index is 490. The largest absolute Gasteiger partial charge is 0.464 e. The SMILES string of the molecule is CCOC(=O)[C@@H]1[C@@H](NCc2ccccc2)CCC(=O)N1C. The maximum absolute atomic E-state index is 12.1. The molecule has 0 aromatic heterocycles. The summed E-state index contributed by atoms with van der Waals surface area (Å²) in [5.74, 6) is -0.343. The van der Waals surface area contributed by atoms with Gasteiger partial charge in [-0.1, -0.05) is 30.3 Å². The van der Waals surface area contributed by atoms with Gasteiger partial charge in [-0.25, -0.2) is 4.79 Å². The van der Waals surface area contributed by atoms with Crippen molar-refractivity contribution in [2.45, 2.75) is 38.4 Å². The Morgan fingerprint density at radius 1 is 1.38 bits per heavy atom. The minimum Gasteiger partial charge on any atom is -0.464 e. The Kier molecular flexibility index (Phi) is 5.33. The van der Waals surface area contributed by atoms with Gasteiger partial charge in [-0.3, -0.25) is 4.79 Å². The monoisotopic (exact) mass is 290 g/mol. The maximum atomic E-state index is 12.1. The minimum absolute atomic E-state index is 0.00851. The van der Waals surface area contributed by atoms with Crippen LogP contribution in [-0.4, -0.2) is 42.5 Å². The number of piperidine rings is 1. The number of ether oxygens (including phenoxy) is 1. The van der Waals surface area contributed by atoms with Crippen LogP contribution in [0, 0.1) is 0 Å². The van der Waals surface area contributed by atoms with Crippen LogP contribution in [0.3, 0.4) is 0 Å². The quantitative estimate of drug-likeness (QED) is 0.831. The number of nitrogens with one attached hydrogen (secondary N) is 1. The molecule has 1 fully saturated rings. The molecule has 5 nitrogen and oxygen atoms in total. The van der Waals surface area contributed by atoms with Crippen molar-refractivity contribution in [3.63, 3.8) is 0 Å². The van der Waals surface area contributed by atoms with Crippen molar-refractivity contribution in [2.75, 3.05) is 13.7 Å². The van der Waals surface area contributed by atoms with Crippen molar-refractivity contribution in [2.24, 2.45) is 0 Å². The summed E-state index contributed by atoms with van der Waals surface area (Å²) in [5.41, 5.74) is 1.15. The van der Waals surface area contributed by atoms with Crippen LogP contribution < -0.4 is 5.32 Å². The van der Waals surface area contributed by atoms with E-state index in [9.17, 15) is 9.59 Å². The number of amides is 1. The van der Waals surface area contributed by atoms with Crippen molar-refractivity contribution >= 4 is 11.9 Å². The molecular formula is C16H22N2O3. The number of nitrogens with zero attached hydrogens (tertiary/aromatic N) is 1. The maximum Gasteiger partial charge on any atom is 0.330 e. The molecule has 0 spiro atoms. The molecule has 2 rings (SSSR count). The number of carbonyl (C=O) groups excluding carboxylic acids is 2. The fourth-order valence-electron chi connectivity index (χ4n) is 2.65. The lowest BCUT2D eigenvalue weighted by atomic mass is 9.95. The summed E-state index contributed by atoms with van der Waals surface area (Å²) in [6.07, 6.45) is 1.11. The molecule has 1 saturated heterocycles. The summed E-state index contributed by atoms with van der Waals surface area (Å²) in [5, 5.41) is 3.38. The van der Waals surface area contributed by atoms with Gasteiger partial charge in [0, 0.05) is 26.1 Å². The molecule has 0 radical (unpaired) electrons. The van der Waals surface area contributed by atoms with Crippen molar-refractivity contribution in [3.8, 4) is 0 Å². The van der Waals surface area contributed by atoms with E-state index in [4.69, 9.17) is 4.74 Å². The van der Waals surface area contributed by atoms with Crippen molar-refractivity contribution in [1.82, 2.24) is 10.2 Å². The highest BCUT2D eigenvalue weighted by Crippen LogP contribution is 2.19. The average molecular weight is 290 g/mol. The van der Waals surface area contributed by atoms with Gasteiger partial charge >= 0.3 is 5.97 Å². The van der Waals surface area contributed by atoms with E-state index in [-0.39, 0.29) is 17.9 Å². The van der Waals surface area contributed by atoms with Crippen LogP contribution in [0.15, 0.2) is 30.3 Å². The van der Waals surface area contributed by atoms with Crippen LogP contribution in [0.2, 0.25) is 0 Å². The lowest BCUT2D eigenvalue weighted by Crippen LogP contribution is -2.58. The van der Waals surface area contributed by atoms with E-state index >= 15 is 0 Å². The molecule has 21 heavy (non-hydrogen) atoms. The van der Waals surface area contributed by atoms with Crippen LogP contribution in [0.25, 0.3) is 0 Å². The van der Waals surface area contributed by atoms with Gasteiger partial charge in [-0.2, -0.15) is 0 Å². The van der Waals surface area contributed by atoms with E-state index in [0.717, 1.165) is 5.56 Å². The molecule has 0 saturated carbocycles. The highest BCUT2D eigenvalue weighted by atomic mass is 16.5. The highest BCUT2D eigenvalue weighted by Gasteiger charge is 2.39. The summed E-state index contributed by atoms with van der Waals surface area (Å²) in [6.45, 7) is 2.77. The lowest BCUT2D eigenvalue weighted by molar-refractivity contribution is -0.157. The lowest BCUT2D eigenvalue weighted by Gasteiger charge is -2.37. The fourth-order valence-corrected chi connectivity index (χ4v) is 2.65. The minimum atomic E-state index is -0.546. The molecule has 0 unspecified atom stereocenters. The molecule has 114 valence electrons. The van der Waals surface area contributed by atoms with E-state index in [2.05, 4.69) is 5.32 Å². The van der Waals surface area contributed by atoms with Crippen LogP contribution in [0.1, 0.15) is 25.3 Å². The molecule has 1 aliphatic heterocycles. The Morgan fingerprint density at radius 3 is 2.76 bits per heavy atom. The average Bonchev–Trinajstić information content (AvgIpc) is 2.49. The van der Waals surface area contributed by atoms with Crippen LogP contribution in [0.4, 0.5) is 0 Å². The Balaban J connectivity index is 2.04. The number of likely N-dealkylation sites (N-methyl/N-ethyl adjacent to an activating group) is 1. The van der Waals surface area contributed by atoms with E-state index < -0.39 is 6.04 Å². The predicted octanol–water partition coefficient (Wildman–Crippen LogP) is 1.33. The van der Waals surface area contributed by atoms with Crippen molar-refractivity contribution in [1.29, 1.82) is 0 Å². The Hall–Kier alpha value is -1.88. The van der Waals surface area contributed by atoms with Gasteiger partial charge in [0.2, 0.25) is 5.91 Å². The fraction of sp³-hybridized carbons (Fsp3) is 0.500. The van der Waals surface area contributed by atoms with Gasteiger partial charge in [-0.15, -0.1) is 0 Å². The van der Waals surface area contributed by atoms with E-state index in [1.165, 1.54) is 4.90 Å². The highest BCUT2D eigenvalue weighted by molar-refractivity contribution is 5.86. The molecule has 5 heteroatoms. The third-order valence-corrected chi connectivity index (χ3v) is 3.80. The summed E-state index contributed by atoms with van der Waals surface area (Å²) in [4.78, 5) is 25.4. The summed E-state index contributed by atoms with van der Waals surface area (Å²) >= 11 is 0. The number of rotatable bonds is 5.